The van der Waals surface area contributed by atoms with E-state index in [0.717, 1.165) is 18.5 Å². The van der Waals surface area contributed by atoms with Crippen molar-refractivity contribution in [3.05, 3.63) is 24.0 Å². The van der Waals surface area contributed by atoms with Gasteiger partial charge in [0.25, 0.3) is 5.91 Å². The highest BCUT2D eigenvalue weighted by atomic mass is 16.2. The Bertz CT molecular complexity index is 529. The Labute approximate surface area is 126 Å². The van der Waals surface area contributed by atoms with Crippen LogP contribution in [0.2, 0.25) is 0 Å². The summed E-state index contributed by atoms with van der Waals surface area (Å²) < 4.78 is 0. The number of carbonyl (C=O) groups excluding carboxylic acids is 1. The van der Waals surface area contributed by atoms with Gasteiger partial charge in [-0.05, 0) is 38.8 Å². The van der Waals surface area contributed by atoms with Crippen molar-refractivity contribution >= 4 is 11.6 Å². The first-order valence-corrected chi connectivity index (χ1v) is 7.60. The molecule has 2 rings (SSSR count). The SMILES string of the molecule is CCN(CC)C(=O)c1cc(N(CCC#N)C2CC2)ccn1. The summed E-state index contributed by atoms with van der Waals surface area (Å²) in [6.07, 6.45) is 4.51. The number of anilines is 1. The molecule has 1 aliphatic rings. The summed E-state index contributed by atoms with van der Waals surface area (Å²) in [4.78, 5) is 20.6. The highest BCUT2D eigenvalue weighted by molar-refractivity contribution is 5.93. The number of hydrogen-bond donors (Lipinski definition) is 0. The van der Waals surface area contributed by atoms with E-state index in [4.69, 9.17) is 5.26 Å². The summed E-state index contributed by atoms with van der Waals surface area (Å²) in [6, 6.07) is 6.49. The van der Waals surface area contributed by atoms with Gasteiger partial charge >= 0.3 is 0 Å². The van der Waals surface area contributed by atoms with E-state index in [-0.39, 0.29) is 5.91 Å². The quantitative estimate of drug-likeness (QED) is 0.772. The normalized spacial score (nSPS) is 13.6. The summed E-state index contributed by atoms with van der Waals surface area (Å²) in [5.41, 5.74) is 1.48. The molecule has 112 valence electrons. The predicted molar refractivity (Wildman–Crippen MR) is 82.1 cm³/mol. The van der Waals surface area contributed by atoms with Crippen LogP contribution in [0.1, 0.15) is 43.6 Å². The summed E-state index contributed by atoms with van der Waals surface area (Å²) in [6.45, 7) is 6.01. The van der Waals surface area contributed by atoms with E-state index < -0.39 is 0 Å². The van der Waals surface area contributed by atoms with Crippen LogP contribution in [0.4, 0.5) is 5.69 Å². The molecule has 1 aromatic heterocycles. The van der Waals surface area contributed by atoms with E-state index >= 15 is 0 Å². The maximum Gasteiger partial charge on any atom is 0.272 e. The second-order valence-electron chi connectivity index (χ2n) is 5.21. The van der Waals surface area contributed by atoms with Gasteiger partial charge in [0, 0.05) is 37.6 Å². The number of hydrogen-bond acceptors (Lipinski definition) is 4. The molecular weight excluding hydrogens is 264 g/mol. The molecule has 0 radical (unpaired) electrons. The van der Waals surface area contributed by atoms with Gasteiger partial charge in [-0.25, -0.2) is 0 Å². The van der Waals surface area contributed by atoms with Crippen molar-refractivity contribution in [3.8, 4) is 6.07 Å². The highest BCUT2D eigenvalue weighted by Gasteiger charge is 2.29. The first-order chi connectivity index (χ1) is 10.2. The lowest BCUT2D eigenvalue weighted by atomic mass is 10.2. The van der Waals surface area contributed by atoms with Crippen LogP contribution in [0, 0.1) is 11.3 Å². The van der Waals surface area contributed by atoms with Gasteiger partial charge in [0.05, 0.1) is 12.5 Å². The topological polar surface area (TPSA) is 60.2 Å². The molecule has 1 saturated carbocycles. The molecule has 1 aromatic rings. The van der Waals surface area contributed by atoms with Gasteiger partial charge in [-0.2, -0.15) is 5.26 Å². The Balaban J connectivity index is 2.19. The molecule has 1 amide bonds. The third-order valence-corrected chi connectivity index (χ3v) is 3.80. The number of nitrogens with zero attached hydrogens (tertiary/aromatic N) is 4. The van der Waals surface area contributed by atoms with Gasteiger partial charge in [0.15, 0.2) is 0 Å². The van der Waals surface area contributed by atoms with E-state index in [1.165, 1.54) is 0 Å². The first kappa shape index (κ1) is 15.3. The van der Waals surface area contributed by atoms with E-state index in [1.807, 2.05) is 26.0 Å². The minimum atomic E-state index is -0.0297. The highest BCUT2D eigenvalue weighted by Crippen LogP contribution is 2.31. The van der Waals surface area contributed by atoms with Crippen LogP contribution in [0.3, 0.4) is 0 Å². The molecule has 0 unspecified atom stereocenters. The van der Waals surface area contributed by atoms with Crippen LogP contribution in [0.25, 0.3) is 0 Å². The van der Waals surface area contributed by atoms with E-state index in [9.17, 15) is 4.79 Å². The molecule has 5 nitrogen and oxygen atoms in total. The third kappa shape index (κ3) is 3.72. The number of pyridine rings is 1. The molecule has 0 spiro atoms. The number of rotatable bonds is 7. The molecular formula is C16H22N4O. The Morgan fingerprint density at radius 3 is 2.71 bits per heavy atom. The fourth-order valence-electron chi connectivity index (χ4n) is 2.47. The van der Waals surface area contributed by atoms with Gasteiger partial charge in [-0.3, -0.25) is 9.78 Å². The van der Waals surface area contributed by atoms with Crippen molar-refractivity contribution < 1.29 is 4.79 Å². The molecule has 0 bridgehead atoms. The predicted octanol–water partition coefficient (Wildman–Crippen LogP) is 2.45. The molecule has 0 atom stereocenters. The van der Waals surface area contributed by atoms with Gasteiger partial charge < -0.3 is 9.80 Å². The van der Waals surface area contributed by atoms with Crippen LogP contribution < -0.4 is 4.90 Å². The van der Waals surface area contributed by atoms with Crippen molar-refractivity contribution in [3.63, 3.8) is 0 Å². The molecule has 0 saturated heterocycles. The number of nitriles is 1. The summed E-state index contributed by atoms with van der Waals surface area (Å²) in [7, 11) is 0. The van der Waals surface area contributed by atoms with Crippen LogP contribution >= 0.6 is 0 Å². The van der Waals surface area contributed by atoms with Crippen molar-refractivity contribution in [2.24, 2.45) is 0 Å². The minimum Gasteiger partial charge on any atom is -0.367 e. The van der Waals surface area contributed by atoms with Crippen LogP contribution in [-0.4, -0.2) is 41.5 Å². The lowest BCUT2D eigenvalue weighted by molar-refractivity contribution is 0.0767. The second kappa shape index (κ2) is 7.07. The Hall–Kier alpha value is -2.09. The largest absolute Gasteiger partial charge is 0.367 e. The smallest absolute Gasteiger partial charge is 0.272 e. The molecule has 1 aliphatic carbocycles. The molecule has 1 heterocycles. The molecule has 0 aromatic carbocycles. The van der Waals surface area contributed by atoms with Crippen molar-refractivity contribution in [1.29, 1.82) is 5.26 Å². The Kier molecular flexibility index (Phi) is 5.15. The Morgan fingerprint density at radius 2 is 2.14 bits per heavy atom. The van der Waals surface area contributed by atoms with Gasteiger partial charge in [-0.1, -0.05) is 0 Å². The summed E-state index contributed by atoms with van der Waals surface area (Å²) in [5, 5.41) is 8.79. The standard InChI is InChI=1S/C16H22N4O/c1-3-19(4-2)16(21)15-12-14(8-10-18-15)20(11-5-9-17)13-6-7-13/h8,10,12-13H,3-7,11H2,1-2H3. The van der Waals surface area contributed by atoms with Crippen LogP contribution in [0.5, 0.6) is 0 Å². The van der Waals surface area contributed by atoms with Crippen molar-refractivity contribution in [2.75, 3.05) is 24.5 Å². The Morgan fingerprint density at radius 1 is 1.43 bits per heavy atom. The van der Waals surface area contributed by atoms with Gasteiger partial charge in [0.1, 0.15) is 5.69 Å². The maximum absolute atomic E-state index is 12.4. The van der Waals surface area contributed by atoms with Gasteiger partial charge in [-0.15, -0.1) is 0 Å². The first-order valence-electron chi connectivity index (χ1n) is 7.60. The fourth-order valence-corrected chi connectivity index (χ4v) is 2.47. The van der Waals surface area contributed by atoms with Crippen molar-refractivity contribution in [1.82, 2.24) is 9.88 Å². The van der Waals surface area contributed by atoms with E-state index in [1.54, 1.807) is 11.1 Å². The zero-order valence-corrected chi connectivity index (χ0v) is 12.7. The number of aromatic nitrogens is 1. The molecule has 0 aliphatic heterocycles. The second-order valence-corrected chi connectivity index (χ2v) is 5.21. The minimum absolute atomic E-state index is 0.0297. The summed E-state index contributed by atoms with van der Waals surface area (Å²) >= 11 is 0. The van der Waals surface area contributed by atoms with E-state index in [0.29, 0.717) is 37.8 Å². The zero-order valence-electron chi connectivity index (χ0n) is 12.7. The van der Waals surface area contributed by atoms with Crippen molar-refractivity contribution in [2.45, 2.75) is 39.2 Å². The molecule has 0 N–H and O–H groups in total. The monoisotopic (exact) mass is 286 g/mol. The number of carbonyl (C=O) groups is 1. The number of amides is 1. The van der Waals surface area contributed by atoms with Crippen LogP contribution in [0.15, 0.2) is 18.3 Å². The average molecular weight is 286 g/mol. The molecule has 1 fully saturated rings. The third-order valence-electron chi connectivity index (χ3n) is 3.80. The fraction of sp³-hybridized carbons (Fsp3) is 0.562. The summed E-state index contributed by atoms with van der Waals surface area (Å²) in [5.74, 6) is -0.0297. The molecule has 5 heteroatoms. The van der Waals surface area contributed by atoms with Crippen LogP contribution in [-0.2, 0) is 0 Å². The lowest BCUT2D eigenvalue weighted by Gasteiger charge is -2.24. The average Bonchev–Trinajstić information content (AvgIpc) is 3.34. The maximum atomic E-state index is 12.4. The van der Waals surface area contributed by atoms with Gasteiger partial charge in [0.2, 0.25) is 0 Å². The molecule has 21 heavy (non-hydrogen) atoms. The van der Waals surface area contributed by atoms with E-state index in [2.05, 4.69) is 16.0 Å². The lowest BCUT2D eigenvalue weighted by Crippen LogP contribution is -2.32. The zero-order chi connectivity index (χ0) is 15.2.